The molecule has 1 aromatic heterocycles. The average Bonchev–Trinajstić information content (AvgIpc) is 2.72. The number of halogens is 1. The van der Waals surface area contributed by atoms with E-state index in [9.17, 15) is 0 Å². The minimum atomic E-state index is 0. The van der Waals surface area contributed by atoms with Gasteiger partial charge in [-0.05, 0) is 5.56 Å². The van der Waals surface area contributed by atoms with Crippen LogP contribution in [0.1, 0.15) is 18.3 Å². The first kappa shape index (κ1) is 14.0. The van der Waals surface area contributed by atoms with Crippen molar-refractivity contribution in [2.45, 2.75) is 13.3 Å². The number of rotatable bonds is 4. The van der Waals surface area contributed by atoms with Crippen molar-refractivity contribution in [3.63, 3.8) is 0 Å². The van der Waals surface area contributed by atoms with Crippen molar-refractivity contribution in [1.29, 1.82) is 0 Å². The topological polar surface area (TPSA) is 81.1 Å². The molecule has 0 fully saturated rings. The Labute approximate surface area is 111 Å². The molecule has 0 aliphatic heterocycles. The SMILES string of the molecule is CCc1nnc(NN=Cc2ccccc2)n1N.Cl. The van der Waals surface area contributed by atoms with Crippen LogP contribution in [-0.2, 0) is 6.42 Å². The minimum absolute atomic E-state index is 0. The molecule has 7 heteroatoms. The Morgan fingerprint density at radius 3 is 2.67 bits per heavy atom. The van der Waals surface area contributed by atoms with Crippen molar-refractivity contribution < 1.29 is 0 Å². The summed E-state index contributed by atoms with van der Waals surface area (Å²) in [6, 6.07) is 9.75. The van der Waals surface area contributed by atoms with Crippen LogP contribution in [0.2, 0.25) is 0 Å². The Morgan fingerprint density at radius 2 is 2.06 bits per heavy atom. The molecule has 0 atom stereocenters. The molecule has 0 saturated heterocycles. The number of aromatic nitrogens is 3. The molecular formula is C11H15ClN6. The Balaban J connectivity index is 0.00000162. The minimum Gasteiger partial charge on any atom is -0.335 e. The summed E-state index contributed by atoms with van der Waals surface area (Å²) in [6.45, 7) is 1.96. The maximum Gasteiger partial charge on any atom is 0.263 e. The molecule has 0 spiro atoms. The molecule has 1 heterocycles. The first-order chi connectivity index (χ1) is 8.31. The Kier molecular flexibility index (Phi) is 5.13. The summed E-state index contributed by atoms with van der Waals surface area (Å²) < 4.78 is 1.39. The van der Waals surface area contributed by atoms with Crippen LogP contribution >= 0.6 is 12.4 Å². The predicted octanol–water partition coefficient (Wildman–Crippen LogP) is 1.42. The molecule has 6 nitrogen and oxygen atoms in total. The zero-order valence-corrected chi connectivity index (χ0v) is 10.8. The van der Waals surface area contributed by atoms with Crippen LogP contribution in [0, 0.1) is 0 Å². The molecular weight excluding hydrogens is 252 g/mol. The number of hydrazone groups is 1. The van der Waals surface area contributed by atoms with E-state index in [0.717, 1.165) is 12.0 Å². The van der Waals surface area contributed by atoms with E-state index in [2.05, 4.69) is 20.7 Å². The van der Waals surface area contributed by atoms with Gasteiger partial charge in [-0.1, -0.05) is 37.3 Å². The second-order valence-electron chi connectivity index (χ2n) is 3.44. The number of nitrogens with two attached hydrogens (primary N) is 1. The summed E-state index contributed by atoms with van der Waals surface area (Å²) in [5.41, 5.74) is 3.75. The highest BCUT2D eigenvalue weighted by Gasteiger charge is 2.05. The van der Waals surface area contributed by atoms with E-state index < -0.39 is 0 Å². The van der Waals surface area contributed by atoms with Crippen LogP contribution < -0.4 is 11.3 Å². The van der Waals surface area contributed by atoms with Gasteiger partial charge >= 0.3 is 0 Å². The highest BCUT2D eigenvalue weighted by Crippen LogP contribution is 2.03. The van der Waals surface area contributed by atoms with Crippen molar-refractivity contribution in [3.05, 3.63) is 41.7 Å². The molecule has 0 bridgehead atoms. The largest absolute Gasteiger partial charge is 0.335 e. The third-order valence-electron chi connectivity index (χ3n) is 2.26. The summed E-state index contributed by atoms with van der Waals surface area (Å²) in [7, 11) is 0. The molecule has 96 valence electrons. The number of hydrogen-bond acceptors (Lipinski definition) is 5. The summed E-state index contributed by atoms with van der Waals surface area (Å²) >= 11 is 0. The molecule has 0 saturated carbocycles. The molecule has 0 radical (unpaired) electrons. The summed E-state index contributed by atoms with van der Waals surface area (Å²) in [5, 5.41) is 11.8. The van der Waals surface area contributed by atoms with Crippen LogP contribution in [0.3, 0.4) is 0 Å². The molecule has 1 aromatic carbocycles. The second-order valence-corrected chi connectivity index (χ2v) is 3.44. The number of benzene rings is 1. The van der Waals surface area contributed by atoms with Crippen molar-refractivity contribution in [1.82, 2.24) is 14.9 Å². The lowest BCUT2D eigenvalue weighted by atomic mass is 10.2. The summed E-state index contributed by atoms with van der Waals surface area (Å²) in [5.74, 6) is 6.88. The fourth-order valence-corrected chi connectivity index (χ4v) is 1.34. The quantitative estimate of drug-likeness (QED) is 0.498. The van der Waals surface area contributed by atoms with Crippen molar-refractivity contribution in [2.24, 2.45) is 5.10 Å². The van der Waals surface area contributed by atoms with Crippen molar-refractivity contribution in [3.8, 4) is 0 Å². The van der Waals surface area contributed by atoms with Gasteiger partial charge in [0.1, 0.15) is 0 Å². The second kappa shape index (κ2) is 6.61. The molecule has 2 rings (SSSR count). The van der Waals surface area contributed by atoms with E-state index in [-0.39, 0.29) is 12.4 Å². The number of hydrogen-bond donors (Lipinski definition) is 2. The van der Waals surface area contributed by atoms with Gasteiger partial charge < -0.3 is 5.84 Å². The fourth-order valence-electron chi connectivity index (χ4n) is 1.34. The maximum absolute atomic E-state index is 5.75. The number of nitrogen functional groups attached to an aromatic ring is 1. The lowest BCUT2D eigenvalue weighted by Crippen LogP contribution is -2.14. The number of aryl methyl sites for hydroxylation is 1. The van der Waals surface area contributed by atoms with Crippen LogP contribution in [0.15, 0.2) is 35.4 Å². The Bertz CT molecular complexity index is 508. The third-order valence-corrected chi connectivity index (χ3v) is 2.26. The molecule has 3 N–H and O–H groups in total. The first-order valence-corrected chi connectivity index (χ1v) is 5.34. The number of anilines is 1. The van der Waals surface area contributed by atoms with Gasteiger partial charge in [-0.25, -0.2) is 10.1 Å². The molecule has 0 unspecified atom stereocenters. The van der Waals surface area contributed by atoms with E-state index in [1.165, 1.54) is 4.68 Å². The number of nitrogens with zero attached hydrogens (tertiary/aromatic N) is 4. The third kappa shape index (κ3) is 3.21. The average molecular weight is 267 g/mol. The molecule has 0 amide bonds. The smallest absolute Gasteiger partial charge is 0.263 e. The fraction of sp³-hybridized carbons (Fsp3) is 0.182. The van der Waals surface area contributed by atoms with Crippen molar-refractivity contribution in [2.75, 3.05) is 11.3 Å². The standard InChI is InChI=1S/C11H14N6.ClH/c1-2-10-14-16-11(17(10)12)15-13-8-9-6-4-3-5-7-9;/h3-8H,2,12H2,1H3,(H,15,16);1H. The molecule has 2 aromatic rings. The van der Waals surface area contributed by atoms with E-state index >= 15 is 0 Å². The van der Waals surface area contributed by atoms with E-state index in [0.29, 0.717) is 11.8 Å². The Hall–Kier alpha value is -2.08. The summed E-state index contributed by atoms with van der Waals surface area (Å²) in [6.07, 6.45) is 2.42. The monoisotopic (exact) mass is 266 g/mol. The van der Waals surface area contributed by atoms with Gasteiger partial charge in [-0.15, -0.1) is 22.6 Å². The zero-order chi connectivity index (χ0) is 12.1. The van der Waals surface area contributed by atoms with Gasteiger partial charge in [0.25, 0.3) is 5.95 Å². The first-order valence-electron chi connectivity index (χ1n) is 5.34. The van der Waals surface area contributed by atoms with Crippen LogP contribution in [0.4, 0.5) is 5.95 Å². The van der Waals surface area contributed by atoms with E-state index in [4.69, 9.17) is 5.84 Å². The van der Waals surface area contributed by atoms with Gasteiger partial charge in [-0.2, -0.15) is 5.10 Å². The van der Waals surface area contributed by atoms with Gasteiger partial charge in [0, 0.05) is 6.42 Å². The maximum atomic E-state index is 5.75. The molecule has 0 aliphatic carbocycles. The van der Waals surface area contributed by atoms with Gasteiger partial charge in [0.2, 0.25) is 0 Å². The number of nitrogens with one attached hydrogen (secondary N) is 1. The van der Waals surface area contributed by atoms with E-state index in [1.807, 2.05) is 37.3 Å². The Morgan fingerprint density at radius 1 is 1.33 bits per heavy atom. The van der Waals surface area contributed by atoms with Gasteiger partial charge in [0.05, 0.1) is 6.21 Å². The predicted molar refractivity (Wildman–Crippen MR) is 74.5 cm³/mol. The lowest BCUT2D eigenvalue weighted by Gasteiger charge is -2.00. The van der Waals surface area contributed by atoms with Gasteiger partial charge in [-0.3, -0.25) is 0 Å². The van der Waals surface area contributed by atoms with Crippen molar-refractivity contribution >= 4 is 24.6 Å². The lowest BCUT2D eigenvalue weighted by molar-refractivity contribution is 0.855. The van der Waals surface area contributed by atoms with Crippen LogP contribution in [-0.4, -0.2) is 21.1 Å². The van der Waals surface area contributed by atoms with E-state index in [1.54, 1.807) is 6.21 Å². The normalized spacial score (nSPS) is 10.3. The zero-order valence-electron chi connectivity index (χ0n) is 9.95. The highest BCUT2D eigenvalue weighted by atomic mass is 35.5. The molecule has 18 heavy (non-hydrogen) atoms. The highest BCUT2D eigenvalue weighted by molar-refractivity contribution is 5.85. The van der Waals surface area contributed by atoms with Gasteiger partial charge in [0.15, 0.2) is 5.82 Å². The van der Waals surface area contributed by atoms with Crippen LogP contribution in [0.5, 0.6) is 0 Å². The van der Waals surface area contributed by atoms with Crippen LogP contribution in [0.25, 0.3) is 0 Å². The molecule has 0 aliphatic rings. The summed E-state index contributed by atoms with van der Waals surface area (Å²) in [4.78, 5) is 0.